The molecule has 1 aromatic heterocycles. The lowest BCUT2D eigenvalue weighted by Crippen LogP contribution is -2.32. The number of benzene rings is 2. The molecular formula is C24H27N5O6S. The maximum absolute atomic E-state index is 12.7. The summed E-state index contributed by atoms with van der Waals surface area (Å²) in [6, 6.07) is 12.2. The molecule has 0 aliphatic carbocycles. The predicted molar refractivity (Wildman–Crippen MR) is 133 cm³/mol. The number of ether oxygens (including phenoxy) is 2. The van der Waals surface area contributed by atoms with Crippen LogP contribution in [0.3, 0.4) is 0 Å². The van der Waals surface area contributed by atoms with Crippen molar-refractivity contribution in [3.63, 3.8) is 0 Å². The largest absolute Gasteiger partial charge is 0.497 e. The number of thioether (sulfide) groups is 1. The molecule has 1 atom stereocenters. The first-order valence-electron chi connectivity index (χ1n) is 11.0. The van der Waals surface area contributed by atoms with Crippen molar-refractivity contribution in [3.05, 3.63) is 65.5 Å². The van der Waals surface area contributed by atoms with Gasteiger partial charge in [-0.15, -0.1) is 10.2 Å². The smallest absolute Gasteiger partial charge is 0.337 e. The van der Waals surface area contributed by atoms with Crippen molar-refractivity contribution >= 4 is 35.2 Å². The molecule has 190 valence electrons. The molecule has 0 saturated carbocycles. The molecule has 0 saturated heterocycles. The number of hydrogen-bond donors (Lipinski definition) is 3. The molecule has 0 unspecified atom stereocenters. The number of carbonyl (C=O) groups excluding carboxylic acids is 3. The number of methoxy groups -OCH3 is 2. The minimum atomic E-state index is -0.795. The van der Waals surface area contributed by atoms with E-state index in [1.165, 1.54) is 20.3 Å². The van der Waals surface area contributed by atoms with Crippen LogP contribution < -0.4 is 15.4 Å². The van der Waals surface area contributed by atoms with Crippen LogP contribution in [0.5, 0.6) is 5.75 Å². The molecule has 0 aliphatic heterocycles. The average Bonchev–Trinajstić information content (AvgIpc) is 3.32. The number of aliphatic hydroxyl groups excluding tert-OH is 1. The van der Waals surface area contributed by atoms with Gasteiger partial charge in [0, 0.05) is 17.8 Å². The van der Waals surface area contributed by atoms with E-state index in [1.807, 2.05) is 6.92 Å². The third-order valence-electron chi connectivity index (χ3n) is 5.11. The van der Waals surface area contributed by atoms with Crippen LogP contribution in [0, 0.1) is 0 Å². The molecule has 0 spiro atoms. The summed E-state index contributed by atoms with van der Waals surface area (Å²) in [5.41, 5.74) is 1.19. The average molecular weight is 514 g/mol. The second-order valence-electron chi connectivity index (χ2n) is 7.43. The molecule has 0 fully saturated rings. The number of nitrogens with zero attached hydrogens (tertiary/aromatic N) is 3. The van der Waals surface area contributed by atoms with Crippen molar-refractivity contribution in [2.24, 2.45) is 0 Å². The number of anilines is 1. The molecule has 3 aromatic rings. The number of aliphatic hydroxyl groups is 1. The van der Waals surface area contributed by atoms with E-state index < -0.39 is 12.0 Å². The van der Waals surface area contributed by atoms with Gasteiger partial charge in [0.2, 0.25) is 5.91 Å². The highest BCUT2D eigenvalue weighted by atomic mass is 32.2. The van der Waals surface area contributed by atoms with Gasteiger partial charge in [-0.3, -0.25) is 9.59 Å². The quantitative estimate of drug-likeness (QED) is 0.260. The van der Waals surface area contributed by atoms with E-state index in [0.29, 0.717) is 40.1 Å². The molecule has 12 heteroatoms. The molecule has 1 heterocycles. The molecule has 2 aromatic carbocycles. The second kappa shape index (κ2) is 12.7. The minimum Gasteiger partial charge on any atom is -0.497 e. The van der Waals surface area contributed by atoms with Gasteiger partial charge in [0.1, 0.15) is 11.8 Å². The monoisotopic (exact) mass is 513 g/mol. The fourth-order valence-electron chi connectivity index (χ4n) is 3.31. The van der Waals surface area contributed by atoms with Crippen LogP contribution in [0.4, 0.5) is 5.69 Å². The number of carbonyl (C=O) groups is 3. The number of amides is 2. The van der Waals surface area contributed by atoms with Gasteiger partial charge < -0.3 is 29.8 Å². The van der Waals surface area contributed by atoms with Crippen LogP contribution in [-0.4, -0.2) is 64.2 Å². The molecule has 0 aliphatic rings. The van der Waals surface area contributed by atoms with Gasteiger partial charge in [-0.05, 0) is 49.4 Å². The summed E-state index contributed by atoms with van der Waals surface area (Å²) < 4.78 is 11.5. The van der Waals surface area contributed by atoms with Crippen LogP contribution in [0.1, 0.15) is 39.5 Å². The summed E-state index contributed by atoms with van der Waals surface area (Å²) in [4.78, 5) is 36.8. The first-order valence-corrected chi connectivity index (χ1v) is 12.0. The zero-order valence-corrected chi connectivity index (χ0v) is 20.9. The first-order chi connectivity index (χ1) is 17.4. The van der Waals surface area contributed by atoms with Gasteiger partial charge in [-0.2, -0.15) is 0 Å². The van der Waals surface area contributed by atoms with Crippen molar-refractivity contribution in [1.82, 2.24) is 20.1 Å². The summed E-state index contributed by atoms with van der Waals surface area (Å²) in [7, 11) is 2.82. The van der Waals surface area contributed by atoms with Gasteiger partial charge in [0.15, 0.2) is 11.0 Å². The standard InChI is InChI=1S/C24H27N5O6S/c1-4-29-21(19(13-30)26-22(32)15-8-10-18(34-2)11-9-15)27-28-24(29)36-14-20(31)25-17-7-5-6-16(12-17)23(33)35-3/h5-12,19,30H,4,13-14H2,1-3H3,(H,25,31)(H,26,32)/t19-/m1/s1. The molecule has 2 amide bonds. The second-order valence-corrected chi connectivity index (χ2v) is 8.37. The zero-order chi connectivity index (χ0) is 26.1. The molecule has 11 nitrogen and oxygen atoms in total. The lowest BCUT2D eigenvalue weighted by Gasteiger charge is -2.17. The summed E-state index contributed by atoms with van der Waals surface area (Å²) in [5.74, 6) is -0.163. The van der Waals surface area contributed by atoms with Gasteiger partial charge in [0.25, 0.3) is 5.91 Å². The van der Waals surface area contributed by atoms with E-state index in [2.05, 4.69) is 20.8 Å². The SMILES string of the molecule is CCn1c(SCC(=O)Nc2cccc(C(=O)OC)c2)nnc1[C@@H](CO)NC(=O)c1ccc(OC)cc1. The zero-order valence-electron chi connectivity index (χ0n) is 20.1. The Kier molecular flexibility index (Phi) is 9.42. The summed E-state index contributed by atoms with van der Waals surface area (Å²) >= 11 is 1.16. The van der Waals surface area contributed by atoms with Crippen LogP contribution in [0.25, 0.3) is 0 Å². The Morgan fingerprint density at radius 2 is 1.83 bits per heavy atom. The maximum atomic E-state index is 12.7. The molecule has 36 heavy (non-hydrogen) atoms. The summed E-state index contributed by atoms with van der Waals surface area (Å²) in [6.07, 6.45) is 0. The Hall–Kier alpha value is -3.90. The van der Waals surface area contributed by atoms with Crippen molar-refractivity contribution in [3.8, 4) is 5.75 Å². The molecule has 0 bridgehead atoms. The molecule has 3 N–H and O–H groups in total. The minimum absolute atomic E-state index is 0.0303. The third-order valence-corrected chi connectivity index (χ3v) is 6.08. The van der Waals surface area contributed by atoms with Gasteiger partial charge in [-0.25, -0.2) is 4.79 Å². The number of rotatable bonds is 11. The van der Waals surface area contributed by atoms with Gasteiger partial charge in [-0.1, -0.05) is 17.8 Å². The molecular weight excluding hydrogens is 486 g/mol. The third kappa shape index (κ3) is 6.61. The number of aromatic nitrogens is 3. The van der Waals surface area contributed by atoms with E-state index in [1.54, 1.807) is 47.0 Å². The fourth-order valence-corrected chi connectivity index (χ4v) is 4.12. The Labute approximate surface area is 212 Å². The number of hydrogen-bond acceptors (Lipinski definition) is 9. The van der Waals surface area contributed by atoms with Gasteiger partial charge >= 0.3 is 5.97 Å². The van der Waals surface area contributed by atoms with Crippen LogP contribution in [0.2, 0.25) is 0 Å². The van der Waals surface area contributed by atoms with E-state index in [-0.39, 0.29) is 24.2 Å². The van der Waals surface area contributed by atoms with Crippen LogP contribution in [-0.2, 0) is 16.1 Å². The normalized spacial score (nSPS) is 11.4. The van der Waals surface area contributed by atoms with E-state index in [4.69, 9.17) is 9.47 Å². The van der Waals surface area contributed by atoms with Gasteiger partial charge in [0.05, 0.1) is 32.1 Å². The van der Waals surface area contributed by atoms with Crippen LogP contribution in [0.15, 0.2) is 53.7 Å². The molecule has 3 rings (SSSR count). The first kappa shape index (κ1) is 26.7. The highest BCUT2D eigenvalue weighted by molar-refractivity contribution is 7.99. The van der Waals surface area contributed by atoms with E-state index >= 15 is 0 Å². The Bertz CT molecular complexity index is 1210. The number of esters is 1. The summed E-state index contributed by atoms with van der Waals surface area (Å²) in [5, 5.41) is 24.2. The van der Waals surface area contributed by atoms with Crippen LogP contribution >= 0.6 is 11.8 Å². The topological polar surface area (TPSA) is 145 Å². The van der Waals surface area contributed by atoms with E-state index in [9.17, 15) is 19.5 Å². The van der Waals surface area contributed by atoms with Crippen molar-refractivity contribution in [1.29, 1.82) is 0 Å². The maximum Gasteiger partial charge on any atom is 0.337 e. The summed E-state index contributed by atoms with van der Waals surface area (Å²) in [6.45, 7) is 1.94. The van der Waals surface area contributed by atoms with Crippen molar-refractivity contribution < 1.29 is 29.0 Å². The number of nitrogens with one attached hydrogen (secondary N) is 2. The Morgan fingerprint density at radius 1 is 1.08 bits per heavy atom. The highest BCUT2D eigenvalue weighted by Gasteiger charge is 2.23. The lowest BCUT2D eigenvalue weighted by molar-refractivity contribution is -0.113. The predicted octanol–water partition coefficient (Wildman–Crippen LogP) is 2.29. The molecule has 0 radical (unpaired) electrons. The lowest BCUT2D eigenvalue weighted by atomic mass is 10.2. The highest BCUT2D eigenvalue weighted by Crippen LogP contribution is 2.22. The van der Waals surface area contributed by atoms with E-state index in [0.717, 1.165) is 11.8 Å². The van der Waals surface area contributed by atoms with Crippen molar-refractivity contribution in [2.45, 2.75) is 24.7 Å². The Balaban J connectivity index is 1.65. The fraction of sp³-hybridized carbons (Fsp3) is 0.292. The Morgan fingerprint density at radius 3 is 2.47 bits per heavy atom. The van der Waals surface area contributed by atoms with Crippen molar-refractivity contribution in [2.75, 3.05) is 31.9 Å².